The number of aliphatic carboxylic acids is 1. The highest BCUT2D eigenvalue weighted by Crippen LogP contribution is 2.26. The number of amides is 1. The molecule has 0 spiro atoms. The molecule has 0 saturated carbocycles. The molecule has 1 amide bonds. The Morgan fingerprint density at radius 2 is 1.83 bits per heavy atom. The summed E-state index contributed by atoms with van der Waals surface area (Å²) < 4.78 is 0. The number of carboxylic acid groups (broad SMARTS) is 1. The van der Waals surface area contributed by atoms with Crippen molar-refractivity contribution in [3.63, 3.8) is 0 Å². The van der Waals surface area contributed by atoms with Crippen LogP contribution in [0.4, 0.5) is 5.69 Å². The molecule has 30 heavy (non-hydrogen) atoms. The molecule has 0 atom stereocenters. The molecular weight excluding hydrogens is 378 g/mol. The van der Waals surface area contributed by atoms with Gasteiger partial charge in [-0.3, -0.25) is 14.6 Å². The lowest BCUT2D eigenvalue weighted by Crippen LogP contribution is -2.13. The van der Waals surface area contributed by atoms with Crippen LogP contribution < -0.4 is 5.32 Å². The van der Waals surface area contributed by atoms with Crippen molar-refractivity contribution in [1.82, 2.24) is 9.97 Å². The molecule has 0 aliphatic heterocycles. The second-order valence-corrected chi connectivity index (χ2v) is 7.04. The topological polar surface area (TPSA) is 92.2 Å². The van der Waals surface area contributed by atoms with E-state index in [1.54, 1.807) is 42.7 Å². The minimum atomic E-state index is -0.895. The van der Waals surface area contributed by atoms with Crippen molar-refractivity contribution >= 4 is 28.5 Å². The summed E-state index contributed by atoms with van der Waals surface area (Å²) in [4.78, 5) is 32.8. The van der Waals surface area contributed by atoms with E-state index < -0.39 is 5.97 Å². The van der Waals surface area contributed by atoms with Crippen molar-refractivity contribution in [2.24, 2.45) is 0 Å². The molecule has 148 valence electrons. The summed E-state index contributed by atoms with van der Waals surface area (Å²) in [6, 6.07) is 18.1. The van der Waals surface area contributed by atoms with E-state index in [0.717, 1.165) is 22.0 Å². The average Bonchev–Trinajstić information content (AvgIpc) is 2.74. The Kier molecular flexibility index (Phi) is 5.22. The summed E-state index contributed by atoms with van der Waals surface area (Å²) in [6.07, 6.45) is 3.34. The summed E-state index contributed by atoms with van der Waals surface area (Å²) >= 11 is 0. The van der Waals surface area contributed by atoms with Gasteiger partial charge < -0.3 is 10.4 Å². The van der Waals surface area contributed by atoms with Gasteiger partial charge in [0.15, 0.2) is 0 Å². The molecule has 0 bridgehead atoms. The molecule has 0 aliphatic rings. The summed E-state index contributed by atoms with van der Waals surface area (Å²) in [5, 5.41) is 12.6. The number of rotatable bonds is 5. The van der Waals surface area contributed by atoms with Crippen LogP contribution in [0.2, 0.25) is 0 Å². The van der Waals surface area contributed by atoms with Crippen molar-refractivity contribution in [1.29, 1.82) is 0 Å². The Hall–Kier alpha value is -4.06. The van der Waals surface area contributed by atoms with Crippen LogP contribution in [0.5, 0.6) is 0 Å². The first-order chi connectivity index (χ1) is 14.5. The third-order valence-corrected chi connectivity index (χ3v) is 4.73. The molecule has 0 fully saturated rings. The number of hydrogen-bond donors (Lipinski definition) is 2. The average molecular weight is 397 g/mol. The van der Waals surface area contributed by atoms with E-state index in [9.17, 15) is 9.59 Å². The first-order valence-electron chi connectivity index (χ1n) is 9.43. The quantitative estimate of drug-likeness (QED) is 0.518. The number of aryl methyl sites for hydroxylation is 1. The highest BCUT2D eigenvalue weighted by atomic mass is 16.4. The monoisotopic (exact) mass is 397 g/mol. The SMILES string of the molecule is Cc1ccc2nc(-c3cccnc3)cc(C(=O)Nc3ccc(CC(=O)O)cc3)c2c1. The van der Waals surface area contributed by atoms with Crippen LogP contribution in [0, 0.1) is 6.92 Å². The number of pyridine rings is 2. The van der Waals surface area contributed by atoms with Crippen LogP contribution >= 0.6 is 0 Å². The molecule has 4 aromatic rings. The van der Waals surface area contributed by atoms with Crippen molar-refractivity contribution in [2.75, 3.05) is 5.32 Å². The molecule has 0 saturated heterocycles. The molecule has 6 nitrogen and oxygen atoms in total. The van der Waals surface area contributed by atoms with Gasteiger partial charge in [0.25, 0.3) is 5.91 Å². The fraction of sp³-hybridized carbons (Fsp3) is 0.0833. The van der Waals surface area contributed by atoms with Crippen LogP contribution in [0.25, 0.3) is 22.2 Å². The Labute approximate surface area is 173 Å². The Morgan fingerprint density at radius 1 is 1.03 bits per heavy atom. The predicted molar refractivity (Wildman–Crippen MR) is 115 cm³/mol. The van der Waals surface area contributed by atoms with Gasteiger partial charge in [-0.05, 0) is 55.0 Å². The van der Waals surface area contributed by atoms with Gasteiger partial charge >= 0.3 is 5.97 Å². The lowest BCUT2D eigenvalue weighted by atomic mass is 10.0. The maximum Gasteiger partial charge on any atom is 0.307 e. The number of anilines is 1. The number of carbonyl (C=O) groups is 2. The zero-order chi connectivity index (χ0) is 21.1. The fourth-order valence-corrected chi connectivity index (χ4v) is 3.27. The van der Waals surface area contributed by atoms with E-state index >= 15 is 0 Å². The van der Waals surface area contributed by atoms with Gasteiger partial charge in [-0.2, -0.15) is 0 Å². The minimum absolute atomic E-state index is 0.0586. The molecule has 2 heterocycles. The van der Waals surface area contributed by atoms with E-state index in [1.807, 2.05) is 37.3 Å². The molecule has 0 radical (unpaired) electrons. The van der Waals surface area contributed by atoms with Gasteiger partial charge in [0.1, 0.15) is 0 Å². The number of aromatic nitrogens is 2. The molecule has 2 aromatic carbocycles. The smallest absolute Gasteiger partial charge is 0.307 e. The van der Waals surface area contributed by atoms with Crippen LogP contribution in [-0.2, 0) is 11.2 Å². The van der Waals surface area contributed by atoms with Crippen molar-refractivity contribution in [3.05, 3.63) is 89.7 Å². The zero-order valence-corrected chi connectivity index (χ0v) is 16.3. The Morgan fingerprint density at radius 3 is 2.53 bits per heavy atom. The standard InChI is InChI=1S/C24H19N3O3/c1-15-4-9-21-19(11-15)20(13-22(27-21)17-3-2-10-25-14-17)24(30)26-18-7-5-16(6-8-18)12-23(28)29/h2-11,13-14H,12H2,1H3,(H,26,30)(H,28,29). The maximum atomic E-state index is 13.1. The third kappa shape index (κ3) is 4.17. The lowest BCUT2D eigenvalue weighted by Gasteiger charge is -2.11. The Balaban J connectivity index is 1.72. The summed E-state index contributed by atoms with van der Waals surface area (Å²) in [5.74, 6) is -1.16. The van der Waals surface area contributed by atoms with Gasteiger partial charge in [-0.1, -0.05) is 23.8 Å². The minimum Gasteiger partial charge on any atom is -0.481 e. The number of fused-ring (bicyclic) bond motifs is 1. The summed E-state index contributed by atoms with van der Waals surface area (Å²) in [7, 11) is 0. The summed E-state index contributed by atoms with van der Waals surface area (Å²) in [6.45, 7) is 1.97. The van der Waals surface area contributed by atoms with E-state index in [-0.39, 0.29) is 12.3 Å². The molecule has 6 heteroatoms. The largest absolute Gasteiger partial charge is 0.481 e. The van der Waals surface area contributed by atoms with Crippen LogP contribution in [-0.4, -0.2) is 27.0 Å². The van der Waals surface area contributed by atoms with Gasteiger partial charge in [-0.25, -0.2) is 4.98 Å². The van der Waals surface area contributed by atoms with E-state index in [4.69, 9.17) is 10.1 Å². The number of carboxylic acids is 1. The zero-order valence-electron chi connectivity index (χ0n) is 16.3. The second kappa shape index (κ2) is 8.13. The molecule has 0 unspecified atom stereocenters. The van der Waals surface area contributed by atoms with Gasteiger partial charge in [0.2, 0.25) is 0 Å². The number of nitrogens with one attached hydrogen (secondary N) is 1. The highest BCUT2D eigenvalue weighted by molar-refractivity contribution is 6.13. The fourth-order valence-electron chi connectivity index (χ4n) is 3.27. The number of hydrogen-bond acceptors (Lipinski definition) is 4. The first-order valence-corrected chi connectivity index (χ1v) is 9.43. The summed E-state index contributed by atoms with van der Waals surface area (Å²) in [5.41, 5.74) is 5.03. The number of carbonyl (C=O) groups excluding carboxylic acids is 1. The predicted octanol–water partition coefficient (Wildman–Crippen LogP) is 4.48. The van der Waals surface area contributed by atoms with Crippen LogP contribution in [0.1, 0.15) is 21.5 Å². The van der Waals surface area contributed by atoms with Crippen LogP contribution in [0.15, 0.2) is 73.1 Å². The molecular formula is C24H19N3O3. The van der Waals surface area contributed by atoms with E-state index in [0.29, 0.717) is 22.5 Å². The first kappa shape index (κ1) is 19.3. The van der Waals surface area contributed by atoms with Gasteiger partial charge in [0.05, 0.1) is 23.2 Å². The van der Waals surface area contributed by atoms with Crippen LogP contribution in [0.3, 0.4) is 0 Å². The second-order valence-electron chi connectivity index (χ2n) is 7.04. The maximum absolute atomic E-state index is 13.1. The van der Waals surface area contributed by atoms with Gasteiger partial charge in [-0.15, -0.1) is 0 Å². The van der Waals surface area contributed by atoms with Crippen molar-refractivity contribution in [3.8, 4) is 11.3 Å². The number of nitrogens with zero attached hydrogens (tertiary/aromatic N) is 2. The van der Waals surface area contributed by atoms with Gasteiger partial charge in [0, 0.05) is 29.0 Å². The highest BCUT2D eigenvalue weighted by Gasteiger charge is 2.15. The van der Waals surface area contributed by atoms with E-state index in [2.05, 4.69) is 10.3 Å². The third-order valence-electron chi connectivity index (χ3n) is 4.73. The molecule has 0 aliphatic carbocycles. The van der Waals surface area contributed by atoms with E-state index in [1.165, 1.54) is 0 Å². The van der Waals surface area contributed by atoms with Crippen molar-refractivity contribution in [2.45, 2.75) is 13.3 Å². The molecule has 2 aromatic heterocycles. The molecule has 2 N–H and O–H groups in total. The number of benzene rings is 2. The molecule has 4 rings (SSSR count). The Bertz CT molecular complexity index is 1240. The normalized spacial score (nSPS) is 10.7. The van der Waals surface area contributed by atoms with Crippen molar-refractivity contribution < 1.29 is 14.7 Å². The lowest BCUT2D eigenvalue weighted by molar-refractivity contribution is -0.136.